The third-order valence-electron chi connectivity index (χ3n) is 4.30. The number of carbonyl (C=O) groups excluding carboxylic acids is 1. The number of rotatable bonds is 3. The molecule has 1 fully saturated rings. The third kappa shape index (κ3) is 3.15. The first kappa shape index (κ1) is 15.3. The van der Waals surface area contributed by atoms with E-state index in [1.165, 1.54) is 12.3 Å². The Balaban J connectivity index is 2.16. The molecule has 1 amide bonds. The minimum atomic E-state index is -0.868. The Labute approximate surface area is 122 Å². The van der Waals surface area contributed by atoms with Crippen molar-refractivity contribution in [2.75, 3.05) is 13.1 Å². The molecule has 1 atom stereocenters. The fourth-order valence-corrected chi connectivity index (χ4v) is 2.69. The molecule has 1 aromatic heterocycles. The topological polar surface area (TPSA) is 90.5 Å². The molecule has 1 aromatic rings. The summed E-state index contributed by atoms with van der Waals surface area (Å²) in [6, 6.07) is 2.84. The van der Waals surface area contributed by atoms with E-state index in [1.54, 1.807) is 24.8 Å². The van der Waals surface area contributed by atoms with E-state index in [4.69, 9.17) is 0 Å². The molecule has 0 aliphatic carbocycles. The van der Waals surface area contributed by atoms with Crippen LogP contribution in [-0.2, 0) is 4.79 Å². The lowest BCUT2D eigenvalue weighted by Gasteiger charge is -2.39. The van der Waals surface area contributed by atoms with Gasteiger partial charge in [0, 0.05) is 30.9 Å². The van der Waals surface area contributed by atoms with Crippen LogP contribution in [0.3, 0.4) is 0 Å². The van der Waals surface area contributed by atoms with Crippen molar-refractivity contribution < 1.29 is 14.7 Å². The van der Waals surface area contributed by atoms with Crippen LogP contribution < -0.4 is 5.56 Å². The minimum absolute atomic E-state index is 0.0882. The van der Waals surface area contributed by atoms with Crippen molar-refractivity contribution in [2.45, 2.75) is 26.7 Å². The second-order valence-corrected chi connectivity index (χ2v) is 6.06. The number of hydrogen-bond donors (Lipinski definition) is 2. The van der Waals surface area contributed by atoms with E-state index in [0.29, 0.717) is 18.7 Å². The number of aromatic amines is 1. The van der Waals surface area contributed by atoms with E-state index in [1.807, 2.05) is 0 Å². The molecule has 1 saturated heterocycles. The Bertz CT molecular complexity index is 606. The number of nitrogens with one attached hydrogen (secondary N) is 1. The smallest absolute Gasteiger partial charge is 0.309 e. The zero-order chi connectivity index (χ0) is 15.6. The summed E-state index contributed by atoms with van der Waals surface area (Å²) in [6.07, 6.45) is 3.01. The number of carboxylic acid groups (broad SMARTS) is 1. The van der Waals surface area contributed by atoms with E-state index < -0.39 is 11.4 Å². The largest absolute Gasteiger partial charge is 0.481 e. The van der Waals surface area contributed by atoms with Gasteiger partial charge in [-0.1, -0.05) is 0 Å². The third-order valence-corrected chi connectivity index (χ3v) is 4.30. The second kappa shape index (κ2) is 5.71. The zero-order valence-corrected chi connectivity index (χ0v) is 12.3. The van der Waals surface area contributed by atoms with Gasteiger partial charge >= 0.3 is 5.97 Å². The molecule has 2 rings (SSSR count). The summed E-state index contributed by atoms with van der Waals surface area (Å²) in [7, 11) is 0. The Morgan fingerprint density at radius 1 is 1.43 bits per heavy atom. The molecule has 1 unspecified atom stereocenters. The van der Waals surface area contributed by atoms with Crippen LogP contribution in [0.25, 0.3) is 0 Å². The SMILES string of the molecule is CC(C)(C(=O)O)C1CCCN(C(=O)c2cc[nH]c(=O)c2)C1. The number of pyridine rings is 1. The average Bonchev–Trinajstić information content (AvgIpc) is 2.46. The van der Waals surface area contributed by atoms with E-state index in [0.717, 1.165) is 12.8 Å². The molecule has 0 bridgehead atoms. The number of carbonyl (C=O) groups is 2. The number of aromatic nitrogens is 1. The maximum Gasteiger partial charge on any atom is 0.309 e. The van der Waals surface area contributed by atoms with Crippen molar-refractivity contribution in [3.05, 3.63) is 34.2 Å². The molecular weight excluding hydrogens is 272 g/mol. The van der Waals surface area contributed by atoms with E-state index in [9.17, 15) is 19.5 Å². The Morgan fingerprint density at radius 2 is 2.14 bits per heavy atom. The molecule has 1 aliphatic heterocycles. The predicted molar refractivity (Wildman–Crippen MR) is 77.1 cm³/mol. The first-order chi connectivity index (χ1) is 9.82. The summed E-state index contributed by atoms with van der Waals surface area (Å²) in [4.78, 5) is 39.2. The highest BCUT2D eigenvalue weighted by Gasteiger charge is 2.40. The van der Waals surface area contributed by atoms with Gasteiger partial charge in [-0.05, 0) is 38.7 Å². The number of carboxylic acids is 1. The summed E-state index contributed by atoms with van der Waals surface area (Å²) in [6.45, 7) is 4.39. The van der Waals surface area contributed by atoms with Crippen LogP contribution >= 0.6 is 0 Å². The van der Waals surface area contributed by atoms with Crippen molar-refractivity contribution in [3.8, 4) is 0 Å². The fourth-order valence-electron chi connectivity index (χ4n) is 2.69. The van der Waals surface area contributed by atoms with Gasteiger partial charge in [0.1, 0.15) is 0 Å². The number of likely N-dealkylation sites (tertiary alicyclic amines) is 1. The summed E-state index contributed by atoms with van der Waals surface area (Å²) < 4.78 is 0. The van der Waals surface area contributed by atoms with E-state index >= 15 is 0 Å². The van der Waals surface area contributed by atoms with Gasteiger partial charge in [-0.15, -0.1) is 0 Å². The first-order valence-corrected chi connectivity index (χ1v) is 7.04. The standard InChI is InChI=1S/C15H20N2O4/c1-15(2,14(20)21)11-4-3-7-17(9-11)13(19)10-5-6-16-12(18)8-10/h5-6,8,11H,3-4,7,9H2,1-2H3,(H,16,18)(H,20,21). The lowest BCUT2D eigenvalue weighted by atomic mass is 9.74. The van der Waals surface area contributed by atoms with Crippen LogP contribution in [0.4, 0.5) is 0 Å². The van der Waals surface area contributed by atoms with Crippen molar-refractivity contribution in [3.63, 3.8) is 0 Å². The number of piperidine rings is 1. The fraction of sp³-hybridized carbons (Fsp3) is 0.533. The molecule has 0 aromatic carbocycles. The van der Waals surface area contributed by atoms with Crippen LogP contribution in [-0.4, -0.2) is 40.0 Å². The van der Waals surface area contributed by atoms with Gasteiger partial charge in [-0.25, -0.2) is 0 Å². The molecule has 0 saturated carbocycles. The van der Waals surface area contributed by atoms with Gasteiger partial charge in [-0.3, -0.25) is 14.4 Å². The normalized spacial score (nSPS) is 19.3. The summed E-state index contributed by atoms with van der Waals surface area (Å²) in [5.41, 5.74) is -0.847. The molecule has 0 radical (unpaired) electrons. The molecule has 114 valence electrons. The van der Waals surface area contributed by atoms with Gasteiger partial charge in [0.15, 0.2) is 0 Å². The van der Waals surface area contributed by atoms with Crippen LogP contribution in [0.15, 0.2) is 23.1 Å². The average molecular weight is 292 g/mol. The summed E-state index contributed by atoms with van der Waals surface area (Å²) in [5, 5.41) is 9.32. The second-order valence-electron chi connectivity index (χ2n) is 6.06. The monoisotopic (exact) mass is 292 g/mol. The maximum absolute atomic E-state index is 12.4. The number of nitrogens with zero attached hydrogens (tertiary/aromatic N) is 1. The van der Waals surface area contributed by atoms with E-state index in [-0.39, 0.29) is 17.4 Å². The van der Waals surface area contributed by atoms with Crippen molar-refractivity contribution in [2.24, 2.45) is 11.3 Å². The molecule has 0 spiro atoms. The number of amides is 1. The molecule has 6 heteroatoms. The molecule has 1 aliphatic rings. The van der Waals surface area contributed by atoms with Gasteiger partial charge in [0.25, 0.3) is 5.91 Å². The van der Waals surface area contributed by atoms with Crippen LogP contribution in [0, 0.1) is 11.3 Å². The lowest BCUT2D eigenvalue weighted by molar-refractivity contribution is -0.151. The Morgan fingerprint density at radius 3 is 2.76 bits per heavy atom. The quantitative estimate of drug-likeness (QED) is 0.879. The van der Waals surface area contributed by atoms with Crippen molar-refractivity contribution >= 4 is 11.9 Å². The molecule has 6 nitrogen and oxygen atoms in total. The molecular formula is C15H20N2O4. The molecule has 2 heterocycles. The number of hydrogen-bond acceptors (Lipinski definition) is 3. The maximum atomic E-state index is 12.4. The van der Waals surface area contributed by atoms with E-state index in [2.05, 4.69) is 4.98 Å². The van der Waals surface area contributed by atoms with Crippen LogP contribution in [0.2, 0.25) is 0 Å². The molecule has 2 N–H and O–H groups in total. The number of H-pyrrole nitrogens is 1. The van der Waals surface area contributed by atoms with Gasteiger partial charge < -0.3 is 15.0 Å². The van der Waals surface area contributed by atoms with Crippen molar-refractivity contribution in [1.29, 1.82) is 0 Å². The van der Waals surface area contributed by atoms with Gasteiger partial charge in [-0.2, -0.15) is 0 Å². The minimum Gasteiger partial charge on any atom is -0.481 e. The molecule has 21 heavy (non-hydrogen) atoms. The Hall–Kier alpha value is -2.11. The highest BCUT2D eigenvalue weighted by molar-refractivity contribution is 5.94. The summed E-state index contributed by atoms with van der Waals surface area (Å²) >= 11 is 0. The summed E-state index contributed by atoms with van der Waals surface area (Å²) in [5.74, 6) is -1.15. The highest BCUT2D eigenvalue weighted by atomic mass is 16.4. The van der Waals surface area contributed by atoms with Crippen LogP contribution in [0.5, 0.6) is 0 Å². The van der Waals surface area contributed by atoms with Gasteiger partial charge in [0.05, 0.1) is 5.41 Å². The predicted octanol–water partition coefficient (Wildman–Crippen LogP) is 1.34. The first-order valence-electron chi connectivity index (χ1n) is 7.04. The highest BCUT2D eigenvalue weighted by Crippen LogP contribution is 2.34. The van der Waals surface area contributed by atoms with Crippen molar-refractivity contribution in [1.82, 2.24) is 9.88 Å². The zero-order valence-electron chi connectivity index (χ0n) is 12.3. The lowest BCUT2D eigenvalue weighted by Crippen LogP contribution is -2.47. The Kier molecular flexibility index (Phi) is 4.16. The number of aliphatic carboxylic acids is 1. The van der Waals surface area contributed by atoms with Gasteiger partial charge in [0.2, 0.25) is 5.56 Å². The van der Waals surface area contributed by atoms with Crippen LogP contribution in [0.1, 0.15) is 37.0 Å².